The Labute approximate surface area is 109 Å². The normalized spacial score (nSPS) is 37.7. The molecule has 0 spiro atoms. The third-order valence-electron chi connectivity index (χ3n) is 4.51. The first-order valence-corrected chi connectivity index (χ1v) is 8.81. The third kappa shape index (κ3) is 3.12. The van der Waals surface area contributed by atoms with E-state index in [0.717, 1.165) is 32.1 Å². The summed E-state index contributed by atoms with van der Waals surface area (Å²) in [7, 11) is -3.00. The summed E-state index contributed by atoms with van der Waals surface area (Å²) >= 11 is 0. The van der Waals surface area contributed by atoms with Gasteiger partial charge in [-0.05, 0) is 38.5 Å². The monoisotopic (exact) mass is 273 g/mol. The molecule has 2 saturated carbocycles. The Kier molecular flexibility index (Phi) is 4.11. The van der Waals surface area contributed by atoms with Crippen LogP contribution in [0.5, 0.6) is 0 Å². The van der Waals surface area contributed by atoms with Gasteiger partial charge in [-0.2, -0.15) is 0 Å². The van der Waals surface area contributed by atoms with Crippen molar-refractivity contribution >= 4 is 15.6 Å². The number of hydrogen-bond donors (Lipinski definition) is 1. The number of carbonyl (C=O) groups is 1. The zero-order chi connectivity index (χ0) is 13.3. The van der Waals surface area contributed by atoms with E-state index in [1.54, 1.807) is 0 Å². The quantitative estimate of drug-likeness (QED) is 0.840. The fourth-order valence-electron chi connectivity index (χ4n) is 3.40. The molecule has 2 aliphatic rings. The van der Waals surface area contributed by atoms with E-state index >= 15 is 0 Å². The van der Waals surface area contributed by atoms with Crippen molar-refractivity contribution in [2.45, 2.75) is 56.2 Å². The second-order valence-electron chi connectivity index (χ2n) is 5.99. The molecule has 18 heavy (non-hydrogen) atoms. The zero-order valence-electron chi connectivity index (χ0n) is 11.0. The minimum absolute atomic E-state index is 0.0474. The average Bonchev–Trinajstić information content (AvgIpc) is 2.74. The van der Waals surface area contributed by atoms with Gasteiger partial charge in [0.15, 0.2) is 0 Å². The molecule has 0 aliphatic heterocycles. The number of ketones is 1. The Balaban J connectivity index is 1.98. The fourth-order valence-corrected chi connectivity index (χ4v) is 4.58. The van der Waals surface area contributed by atoms with Crippen LogP contribution in [0.1, 0.15) is 44.9 Å². The predicted molar refractivity (Wildman–Crippen MR) is 70.9 cm³/mol. The number of sulfone groups is 1. The highest BCUT2D eigenvalue weighted by molar-refractivity contribution is 7.91. The van der Waals surface area contributed by atoms with E-state index in [4.69, 9.17) is 5.73 Å². The van der Waals surface area contributed by atoms with E-state index in [0.29, 0.717) is 12.8 Å². The third-order valence-corrected chi connectivity index (χ3v) is 6.15. The molecule has 0 bridgehead atoms. The van der Waals surface area contributed by atoms with E-state index < -0.39 is 9.84 Å². The first-order valence-electron chi connectivity index (χ1n) is 6.86. The van der Waals surface area contributed by atoms with Crippen LogP contribution in [0.15, 0.2) is 0 Å². The molecule has 0 aromatic carbocycles. The van der Waals surface area contributed by atoms with E-state index in [1.165, 1.54) is 6.26 Å². The Morgan fingerprint density at radius 2 is 1.72 bits per heavy atom. The van der Waals surface area contributed by atoms with Crippen molar-refractivity contribution in [2.24, 2.45) is 17.6 Å². The molecule has 0 radical (unpaired) electrons. The lowest BCUT2D eigenvalue weighted by Gasteiger charge is -2.28. The molecular formula is C13H23NO3S. The summed E-state index contributed by atoms with van der Waals surface area (Å²) in [4.78, 5) is 12.4. The smallest absolute Gasteiger partial charge is 0.150 e. The van der Waals surface area contributed by atoms with Crippen LogP contribution in [0.25, 0.3) is 0 Å². The van der Waals surface area contributed by atoms with Gasteiger partial charge in [0.1, 0.15) is 15.6 Å². The summed E-state index contributed by atoms with van der Waals surface area (Å²) in [5.41, 5.74) is 5.84. The van der Waals surface area contributed by atoms with Crippen molar-refractivity contribution in [3.8, 4) is 0 Å². The van der Waals surface area contributed by atoms with Crippen molar-refractivity contribution in [3.05, 3.63) is 0 Å². The molecule has 0 aromatic heterocycles. The number of rotatable bonds is 3. The summed E-state index contributed by atoms with van der Waals surface area (Å²) in [6, 6.07) is 0.160. The molecular weight excluding hydrogens is 250 g/mol. The van der Waals surface area contributed by atoms with E-state index in [1.807, 2.05) is 0 Å². The maximum atomic E-state index is 12.4. The zero-order valence-corrected chi connectivity index (χ0v) is 11.8. The molecule has 2 N–H and O–H groups in total. The highest BCUT2D eigenvalue weighted by Crippen LogP contribution is 2.35. The molecule has 5 heteroatoms. The summed E-state index contributed by atoms with van der Waals surface area (Å²) in [5.74, 6) is 0.313. The van der Waals surface area contributed by atoms with Crippen LogP contribution in [0.2, 0.25) is 0 Å². The number of nitrogens with two attached hydrogens (primary N) is 1. The lowest BCUT2D eigenvalue weighted by atomic mass is 9.81. The predicted octanol–water partition coefficient (Wildman–Crippen LogP) is 1.29. The lowest BCUT2D eigenvalue weighted by molar-refractivity contribution is -0.127. The van der Waals surface area contributed by atoms with Gasteiger partial charge in [-0.25, -0.2) is 8.42 Å². The Hall–Kier alpha value is -0.420. The summed E-state index contributed by atoms with van der Waals surface area (Å²) in [5, 5.41) is -0.310. The summed E-state index contributed by atoms with van der Waals surface area (Å²) < 4.78 is 23.2. The first-order chi connectivity index (χ1) is 8.38. The van der Waals surface area contributed by atoms with Crippen LogP contribution in [0.4, 0.5) is 0 Å². The van der Waals surface area contributed by atoms with Crippen molar-refractivity contribution < 1.29 is 13.2 Å². The maximum Gasteiger partial charge on any atom is 0.150 e. The minimum atomic E-state index is -3.00. The van der Waals surface area contributed by atoms with E-state index in [2.05, 4.69) is 0 Å². The molecule has 4 nitrogen and oxygen atoms in total. The van der Waals surface area contributed by atoms with Gasteiger partial charge in [0.05, 0.1) is 5.25 Å². The van der Waals surface area contributed by atoms with Crippen LogP contribution < -0.4 is 5.73 Å². The molecule has 0 amide bonds. The van der Waals surface area contributed by atoms with E-state index in [-0.39, 0.29) is 28.9 Å². The van der Waals surface area contributed by atoms with E-state index in [9.17, 15) is 13.2 Å². The molecule has 2 aliphatic carbocycles. The molecule has 2 fully saturated rings. The maximum absolute atomic E-state index is 12.4. The molecule has 4 unspecified atom stereocenters. The second-order valence-corrected chi connectivity index (χ2v) is 8.31. The molecule has 0 aromatic rings. The Bertz CT molecular complexity index is 418. The van der Waals surface area contributed by atoms with Gasteiger partial charge in [0.2, 0.25) is 0 Å². The Morgan fingerprint density at radius 1 is 1.06 bits per heavy atom. The summed E-state index contributed by atoms with van der Waals surface area (Å²) in [6.07, 6.45) is 6.85. The van der Waals surface area contributed by atoms with Gasteiger partial charge in [-0.3, -0.25) is 4.79 Å². The topological polar surface area (TPSA) is 77.2 Å². The van der Waals surface area contributed by atoms with Gasteiger partial charge in [0, 0.05) is 24.1 Å². The van der Waals surface area contributed by atoms with Crippen molar-refractivity contribution in [1.82, 2.24) is 0 Å². The first kappa shape index (κ1) is 14.0. The second kappa shape index (κ2) is 5.29. The fraction of sp³-hybridized carbons (Fsp3) is 0.923. The van der Waals surface area contributed by atoms with Crippen LogP contribution in [-0.4, -0.2) is 31.7 Å². The van der Waals surface area contributed by atoms with Gasteiger partial charge in [-0.15, -0.1) is 0 Å². The van der Waals surface area contributed by atoms with Crippen LogP contribution in [-0.2, 0) is 14.6 Å². The number of carbonyl (C=O) groups excluding carboxylic acids is 1. The SMILES string of the molecule is CS(=O)(=O)C1CCCC(C(=O)C2CCC(N)C2)C1. The minimum Gasteiger partial charge on any atom is -0.328 e. The molecule has 0 saturated heterocycles. The molecule has 0 heterocycles. The van der Waals surface area contributed by atoms with Crippen molar-refractivity contribution in [1.29, 1.82) is 0 Å². The standard InChI is InChI=1S/C13H23NO3S/c1-18(16,17)12-4-2-3-9(8-12)13(15)10-5-6-11(14)7-10/h9-12H,2-8,14H2,1H3. The molecule has 4 atom stereocenters. The van der Waals surface area contributed by atoms with Crippen molar-refractivity contribution in [3.63, 3.8) is 0 Å². The number of Topliss-reactive ketones (excluding diaryl/α,β-unsaturated/α-hetero) is 1. The molecule has 2 rings (SSSR count). The highest BCUT2D eigenvalue weighted by Gasteiger charge is 2.37. The van der Waals surface area contributed by atoms with Gasteiger partial charge < -0.3 is 5.73 Å². The lowest BCUT2D eigenvalue weighted by Crippen LogP contribution is -2.33. The Morgan fingerprint density at radius 3 is 2.28 bits per heavy atom. The van der Waals surface area contributed by atoms with Gasteiger partial charge in [-0.1, -0.05) is 6.42 Å². The largest absolute Gasteiger partial charge is 0.328 e. The number of hydrogen-bond acceptors (Lipinski definition) is 4. The highest BCUT2D eigenvalue weighted by atomic mass is 32.2. The van der Waals surface area contributed by atoms with Gasteiger partial charge in [0.25, 0.3) is 0 Å². The molecule has 104 valence electrons. The summed E-state index contributed by atoms with van der Waals surface area (Å²) in [6.45, 7) is 0. The van der Waals surface area contributed by atoms with Crippen LogP contribution in [0, 0.1) is 11.8 Å². The average molecular weight is 273 g/mol. The van der Waals surface area contributed by atoms with Crippen LogP contribution >= 0.6 is 0 Å². The van der Waals surface area contributed by atoms with Crippen molar-refractivity contribution in [2.75, 3.05) is 6.26 Å². The van der Waals surface area contributed by atoms with Gasteiger partial charge >= 0.3 is 0 Å². The van der Waals surface area contributed by atoms with Crippen LogP contribution in [0.3, 0.4) is 0 Å².